The van der Waals surface area contributed by atoms with E-state index in [4.69, 9.17) is 4.74 Å². The molecule has 0 bridgehead atoms. The van der Waals surface area contributed by atoms with Crippen LogP contribution in [0.15, 0.2) is 53.0 Å². The maximum atomic E-state index is 13.0. The van der Waals surface area contributed by atoms with Crippen molar-refractivity contribution in [3.63, 3.8) is 0 Å². The molecule has 1 aliphatic rings. The first-order chi connectivity index (χ1) is 12.5. The quantitative estimate of drug-likeness (QED) is 0.667. The van der Waals surface area contributed by atoms with Crippen LogP contribution in [0.5, 0.6) is 0 Å². The molecule has 0 spiro atoms. The molecule has 136 valence electrons. The van der Waals surface area contributed by atoms with Gasteiger partial charge in [-0.05, 0) is 41.7 Å². The SMILES string of the molecule is CN(Cc1ccccc1Br)C(=O)COC(=O)C1CC1c1ccc(F)cc1. The Morgan fingerprint density at radius 1 is 1.19 bits per heavy atom. The molecule has 2 aromatic carbocycles. The molecule has 0 saturated heterocycles. The summed E-state index contributed by atoms with van der Waals surface area (Å²) in [4.78, 5) is 25.8. The van der Waals surface area contributed by atoms with Crippen molar-refractivity contribution in [2.45, 2.75) is 18.9 Å². The number of hydrogen-bond acceptors (Lipinski definition) is 3. The number of ether oxygens (including phenoxy) is 1. The summed E-state index contributed by atoms with van der Waals surface area (Å²) in [6.07, 6.45) is 0.672. The summed E-state index contributed by atoms with van der Waals surface area (Å²) in [7, 11) is 1.67. The highest BCUT2D eigenvalue weighted by Gasteiger charge is 2.45. The highest BCUT2D eigenvalue weighted by molar-refractivity contribution is 9.10. The largest absolute Gasteiger partial charge is 0.455 e. The molecule has 0 radical (unpaired) electrons. The van der Waals surface area contributed by atoms with Gasteiger partial charge in [0, 0.05) is 18.1 Å². The number of amides is 1. The van der Waals surface area contributed by atoms with Gasteiger partial charge >= 0.3 is 5.97 Å². The zero-order chi connectivity index (χ0) is 18.7. The van der Waals surface area contributed by atoms with Crippen LogP contribution in [-0.2, 0) is 20.9 Å². The van der Waals surface area contributed by atoms with Gasteiger partial charge < -0.3 is 9.64 Å². The molecule has 1 fully saturated rings. The molecule has 1 aliphatic carbocycles. The molecular weight excluding hydrogens is 401 g/mol. The molecule has 0 N–H and O–H groups in total. The molecule has 3 rings (SSSR count). The average molecular weight is 420 g/mol. The number of esters is 1. The van der Waals surface area contributed by atoms with E-state index in [1.807, 2.05) is 24.3 Å². The van der Waals surface area contributed by atoms with E-state index >= 15 is 0 Å². The number of benzene rings is 2. The first kappa shape index (κ1) is 18.6. The average Bonchev–Trinajstić information content (AvgIpc) is 3.42. The molecule has 0 heterocycles. The first-order valence-corrected chi connectivity index (χ1v) is 9.14. The van der Waals surface area contributed by atoms with Crippen LogP contribution in [0.3, 0.4) is 0 Å². The number of nitrogens with zero attached hydrogens (tertiary/aromatic N) is 1. The summed E-state index contributed by atoms with van der Waals surface area (Å²) in [5.41, 5.74) is 1.90. The monoisotopic (exact) mass is 419 g/mol. The zero-order valence-corrected chi connectivity index (χ0v) is 15.9. The minimum atomic E-state index is -0.373. The van der Waals surface area contributed by atoms with Crippen LogP contribution in [0.4, 0.5) is 4.39 Å². The number of likely N-dealkylation sites (N-methyl/N-ethyl adjacent to an activating group) is 1. The summed E-state index contributed by atoms with van der Waals surface area (Å²) in [5, 5.41) is 0. The summed E-state index contributed by atoms with van der Waals surface area (Å²) in [6.45, 7) is 0.159. The smallest absolute Gasteiger partial charge is 0.310 e. The van der Waals surface area contributed by atoms with Gasteiger partial charge in [-0.2, -0.15) is 0 Å². The van der Waals surface area contributed by atoms with Crippen LogP contribution in [0.25, 0.3) is 0 Å². The minimum Gasteiger partial charge on any atom is -0.455 e. The second kappa shape index (κ2) is 7.99. The molecule has 4 nitrogen and oxygen atoms in total. The highest BCUT2D eigenvalue weighted by Crippen LogP contribution is 2.48. The Morgan fingerprint density at radius 2 is 1.88 bits per heavy atom. The number of carbonyl (C=O) groups excluding carboxylic acids is 2. The third-order valence-electron chi connectivity index (χ3n) is 4.52. The Balaban J connectivity index is 1.46. The van der Waals surface area contributed by atoms with Gasteiger partial charge in [0.25, 0.3) is 5.91 Å². The molecule has 26 heavy (non-hydrogen) atoms. The predicted octanol–water partition coefficient (Wildman–Crippen LogP) is 3.89. The summed E-state index contributed by atoms with van der Waals surface area (Å²) < 4.78 is 19.1. The fourth-order valence-corrected chi connectivity index (χ4v) is 3.26. The van der Waals surface area contributed by atoms with Gasteiger partial charge in [0.05, 0.1) is 5.92 Å². The molecule has 0 aliphatic heterocycles. The number of hydrogen-bond donors (Lipinski definition) is 0. The van der Waals surface area contributed by atoms with Gasteiger partial charge in [-0.15, -0.1) is 0 Å². The van der Waals surface area contributed by atoms with E-state index in [0.29, 0.717) is 13.0 Å². The molecule has 1 saturated carbocycles. The van der Waals surface area contributed by atoms with Crippen molar-refractivity contribution in [3.05, 3.63) is 69.9 Å². The van der Waals surface area contributed by atoms with Crippen LogP contribution >= 0.6 is 15.9 Å². The van der Waals surface area contributed by atoms with E-state index in [1.54, 1.807) is 19.2 Å². The molecule has 2 aromatic rings. The Kier molecular flexibility index (Phi) is 5.71. The normalized spacial score (nSPS) is 18.3. The van der Waals surface area contributed by atoms with Gasteiger partial charge in [0.1, 0.15) is 5.82 Å². The highest BCUT2D eigenvalue weighted by atomic mass is 79.9. The minimum absolute atomic E-state index is 0.0520. The number of rotatable bonds is 6. The standard InChI is InChI=1S/C20H19BrFNO3/c1-23(11-14-4-2-3-5-18(14)21)19(24)12-26-20(25)17-10-16(17)13-6-8-15(22)9-7-13/h2-9,16-17H,10-12H2,1H3. The van der Waals surface area contributed by atoms with E-state index in [1.165, 1.54) is 17.0 Å². The second-order valence-corrected chi connectivity index (χ2v) is 7.30. The lowest BCUT2D eigenvalue weighted by Gasteiger charge is -2.18. The van der Waals surface area contributed by atoms with E-state index < -0.39 is 0 Å². The van der Waals surface area contributed by atoms with Gasteiger partial charge in [-0.1, -0.05) is 46.3 Å². The second-order valence-electron chi connectivity index (χ2n) is 6.45. The van der Waals surface area contributed by atoms with Crippen molar-refractivity contribution in [3.8, 4) is 0 Å². The van der Waals surface area contributed by atoms with Crippen LogP contribution in [0, 0.1) is 11.7 Å². The fraction of sp³-hybridized carbons (Fsp3) is 0.300. The predicted molar refractivity (Wildman–Crippen MR) is 98.8 cm³/mol. The van der Waals surface area contributed by atoms with Crippen molar-refractivity contribution in [2.24, 2.45) is 5.92 Å². The van der Waals surface area contributed by atoms with Crippen molar-refractivity contribution >= 4 is 27.8 Å². The van der Waals surface area contributed by atoms with Crippen LogP contribution < -0.4 is 0 Å². The molecule has 2 atom stereocenters. The zero-order valence-electron chi connectivity index (χ0n) is 14.3. The third kappa shape index (κ3) is 4.49. The van der Waals surface area contributed by atoms with E-state index in [9.17, 15) is 14.0 Å². The summed E-state index contributed by atoms with van der Waals surface area (Å²) in [6, 6.07) is 13.8. The summed E-state index contributed by atoms with van der Waals surface area (Å²) >= 11 is 3.45. The van der Waals surface area contributed by atoms with Crippen molar-refractivity contribution in [1.82, 2.24) is 4.90 Å². The maximum absolute atomic E-state index is 13.0. The lowest BCUT2D eigenvalue weighted by Crippen LogP contribution is -2.31. The number of carbonyl (C=O) groups is 2. The third-order valence-corrected chi connectivity index (χ3v) is 5.29. The van der Waals surface area contributed by atoms with Crippen molar-refractivity contribution < 1.29 is 18.7 Å². The Labute approximate surface area is 160 Å². The Morgan fingerprint density at radius 3 is 2.58 bits per heavy atom. The molecular formula is C20H19BrFNO3. The van der Waals surface area contributed by atoms with Gasteiger partial charge in [-0.25, -0.2) is 4.39 Å². The van der Waals surface area contributed by atoms with E-state index in [0.717, 1.165) is 15.6 Å². The lowest BCUT2D eigenvalue weighted by atomic mass is 10.1. The van der Waals surface area contributed by atoms with Gasteiger partial charge in [-0.3, -0.25) is 9.59 Å². The molecule has 6 heteroatoms. The molecule has 0 aromatic heterocycles. The molecule has 1 amide bonds. The van der Waals surface area contributed by atoms with E-state index in [-0.39, 0.29) is 36.1 Å². The van der Waals surface area contributed by atoms with E-state index in [2.05, 4.69) is 15.9 Å². The van der Waals surface area contributed by atoms with Crippen LogP contribution in [0.1, 0.15) is 23.5 Å². The van der Waals surface area contributed by atoms with Crippen LogP contribution in [0.2, 0.25) is 0 Å². The lowest BCUT2D eigenvalue weighted by molar-refractivity contribution is -0.152. The van der Waals surface area contributed by atoms with Crippen molar-refractivity contribution in [1.29, 1.82) is 0 Å². The van der Waals surface area contributed by atoms with Gasteiger partial charge in [0.15, 0.2) is 6.61 Å². The summed E-state index contributed by atoms with van der Waals surface area (Å²) in [5.74, 6) is -1.12. The van der Waals surface area contributed by atoms with Crippen LogP contribution in [-0.4, -0.2) is 30.4 Å². The number of halogens is 2. The first-order valence-electron chi connectivity index (χ1n) is 8.35. The maximum Gasteiger partial charge on any atom is 0.310 e. The molecule has 2 unspecified atom stereocenters. The van der Waals surface area contributed by atoms with Gasteiger partial charge in [0.2, 0.25) is 0 Å². The Bertz CT molecular complexity index is 809. The Hall–Kier alpha value is -2.21. The van der Waals surface area contributed by atoms with Crippen molar-refractivity contribution in [2.75, 3.05) is 13.7 Å². The fourth-order valence-electron chi connectivity index (χ4n) is 2.85. The topological polar surface area (TPSA) is 46.6 Å².